The summed E-state index contributed by atoms with van der Waals surface area (Å²) in [6.45, 7) is 1.62. The minimum Gasteiger partial charge on any atom is -0.445 e. The molecule has 1 aromatic heterocycles. The number of terminal acetylenes is 1. The average molecular weight is 215 g/mol. The predicted octanol–water partition coefficient (Wildman–Crippen LogP) is 2.58. The van der Waals surface area contributed by atoms with Gasteiger partial charge in [0.15, 0.2) is 6.10 Å². The first-order valence-electron chi connectivity index (χ1n) is 3.55. The largest absolute Gasteiger partial charge is 0.445 e. The van der Waals surface area contributed by atoms with E-state index in [0.29, 0.717) is 9.90 Å². The van der Waals surface area contributed by atoms with Crippen LogP contribution < -0.4 is 0 Å². The van der Waals surface area contributed by atoms with E-state index < -0.39 is 12.1 Å². The molecule has 0 N–H and O–H groups in total. The first-order chi connectivity index (χ1) is 6.15. The quantitative estimate of drug-likeness (QED) is 0.559. The number of hydrogen-bond acceptors (Lipinski definition) is 3. The summed E-state index contributed by atoms with van der Waals surface area (Å²) in [7, 11) is 0. The molecule has 1 atom stereocenters. The third-order valence-electron chi connectivity index (χ3n) is 1.32. The third-order valence-corrected chi connectivity index (χ3v) is 2.64. The molecule has 68 valence electrons. The van der Waals surface area contributed by atoms with Crippen LogP contribution in [0.3, 0.4) is 0 Å². The smallest absolute Gasteiger partial charge is 0.351 e. The summed E-state index contributed by atoms with van der Waals surface area (Å²) < 4.78 is 4.88. The molecule has 1 heterocycles. The number of halogens is 1. The van der Waals surface area contributed by atoms with Crippen LogP contribution in [0.1, 0.15) is 16.6 Å². The monoisotopic (exact) mass is 214 g/mol. The molecule has 1 unspecified atom stereocenters. The summed E-state index contributed by atoms with van der Waals surface area (Å²) in [6, 6.07) is 1.64. The summed E-state index contributed by atoms with van der Waals surface area (Å²) in [6.07, 6.45) is 4.53. The van der Waals surface area contributed by atoms with Gasteiger partial charge in [-0.25, -0.2) is 4.79 Å². The van der Waals surface area contributed by atoms with E-state index in [2.05, 4.69) is 5.92 Å². The molecular weight excluding hydrogens is 208 g/mol. The Labute approximate surface area is 85.5 Å². The number of carbonyl (C=O) groups excluding carboxylic acids is 1. The van der Waals surface area contributed by atoms with E-state index in [1.165, 1.54) is 11.3 Å². The molecule has 0 aliphatic rings. The number of hydrogen-bond donors (Lipinski definition) is 0. The van der Waals surface area contributed by atoms with Crippen molar-refractivity contribution >= 4 is 28.9 Å². The first kappa shape index (κ1) is 10.1. The van der Waals surface area contributed by atoms with Crippen LogP contribution >= 0.6 is 22.9 Å². The van der Waals surface area contributed by atoms with Gasteiger partial charge < -0.3 is 4.74 Å². The number of rotatable bonds is 2. The van der Waals surface area contributed by atoms with Crippen LogP contribution in [0.25, 0.3) is 0 Å². The summed E-state index contributed by atoms with van der Waals surface area (Å²) in [5.74, 6) is 1.83. The van der Waals surface area contributed by atoms with Crippen molar-refractivity contribution in [2.24, 2.45) is 0 Å². The Bertz CT molecular complexity index is 351. The second-order valence-corrected chi connectivity index (χ2v) is 3.64. The van der Waals surface area contributed by atoms with E-state index in [1.54, 1.807) is 18.4 Å². The van der Waals surface area contributed by atoms with Gasteiger partial charge in [0.1, 0.15) is 4.88 Å². The van der Waals surface area contributed by atoms with Crippen LogP contribution in [0.2, 0.25) is 5.02 Å². The molecule has 4 heteroatoms. The lowest BCUT2D eigenvalue weighted by Gasteiger charge is -2.05. The van der Waals surface area contributed by atoms with Gasteiger partial charge in [-0.3, -0.25) is 0 Å². The zero-order valence-electron chi connectivity index (χ0n) is 6.91. The van der Waals surface area contributed by atoms with Crippen LogP contribution in [0.4, 0.5) is 0 Å². The molecule has 0 fully saturated rings. The molecule has 0 aliphatic carbocycles. The van der Waals surface area contributed by atoms with Gasteiger partial charge in [0.2, 0.25) is 0 Å². The van der Waals surface area contributed by atoms with Crippen molar-refractivity contribution in [2.45, 2.75) is 13.0 Å². The van der Waals surface area contributed by atoms with Gasteiger partial charge in [0.05, 0.1) is 5.02 Å². The van der Waals surface area contributed by atoms with Crippen molar-refractivity contribution in [3.05, 3.63) is 21.3 Å². The predicted molar refractivity (Wildman–Crippen MR) is 53.0 cm³/mol. The van der Waals surface area contributed by atoms with Gasteiger partial charge in [0, 0.05) is 0 Å². The van der Waals surface area contributed by atoms with Crippen molar-refractivity contribution in [3.63, 3.8) is 0 Å². The van der Waals surface area contributed by atoms with Crippen LogP contribution in [-0.2, 0) is 4.74 Å². The summed E-state index contributed by atoms with van der Waals surface area (Å²) in [5.41, 5.74) is 0. The van der Waals surface area contributed by atoms with E-state index in [-0.39, 0.29) is 0 Å². The molecule has 0 radical (unpaired) electrons. The van der Waals surface area contributed by atoms with Gasteiger partial charge in [-0.05, 0) is 18.4 Å². The maximum atomic E-state index is 11.3. The van der Waals surface area contributed by atoms with Gasteiger partial charge in [-0.2, -0.15) is 0 Å². The SMILES string of the molecule is C#CC(C)OC(=O)c1sccc1Cl. The molecule has 13 heavy (non-hydrogen) atoms. The maximum Gasteiger partial charge on any atom is 0.351 e. The number of thiophene rings is 1. The highest BCUT2D eigenvalue weighted by atomic mass is 35.5. The minimum absolute atomic E-state index is 0.392. The molecule has 2 nitrogen and oxygen atoms in total. The Morgan fingerprint density at radius 1 is 1.85 bits per heavy atom. The number of ether oxygens (including phenoxy) is 1. The van der Waals surface area contributed by atoms with Gasteiger partial charge in [-0.1, -0.05) is 17.5 Å². The highest BCUT2D eigenvalue weighted by Crippen LogP contribution is 2.22. The normalized spacial score (nSPS) is 11.8. The molecule has 0 aromatic carbocycles. The zero-order valence-corrected chi connectivity index (χ0v) is 8.48. The summed E-state index contributed by atoms with van der Waals surface area (Å²) in [5, 5.41) is 2.12. The average Bonchev–Trinajstić information content (AvgIpc) is 2.51. The van der Waals surface area contributed by atoms with E-state index in [1.807, 2.05) is 0 Å². The molecule has 0 aliphatic heterocycles. The van der Waals surface area contributed by atoms with Gasteiger partial charge in [-0.15, -0.1) is 17.8 Å². The lowest BCUT2D eigenvalue weighted by atomic mass is 10.4. The van der Waals surface area contributed by atoms with Crippen molar-refractivity contribution in [3.8, 4) is 12.3 Å². The van der Waals surface area contributed by atoms with Crippen LogP contribution in [0.5, 0.6) is 0 Å². The lowest BCUT2D eigenvalue weighted by Crippen LogP contribution is -2.12. The van der Waals surface area contributed by atoms with E-state index >= 15 is 0 Å². The van der Waals surface area contributed by atoms with Crippen LogP contribution in [0.15, 0.2) is 11.4 Å². The van der Waals surface area contributed by atoms with Gasteiger partial charge in [0.25, 0.3) is 0 Å². The molecule has 0 amide bonds. The molecule has 0 saturated carbocycles. The Kier molecular flexibility index (Phi) is 3.35. The minimum atomic E-state index is -0.523. The third kappa shape index (κ3) is 2.48. The lowest BCUT2D eigenvalue weighted by molar-refractivity contribution is 0.0445. The van der Waals surface area contributed by atoms with E-state index in [0.717, 1.165) is 0 Å². The Hall–Kier alpha value is -0.980. The van der Waals surface area contributed by atoms with Crippen molar-refractivity contribution in [1.29, 1.82) is 0 Å². The molecular formula is C9H7ClO2S. The molecule has 0 bridgehead atoms. The second-order valence-electron chi connectivity index (χ2n) is 2.31. The first-order valence-corrected chi connectivity index (χ1v) is 4.81. The number of esters is 1. The summed E-state index contributed by atoms with van der Waals surface area (Å²) in [4.78, 5) is 11.7. The molecule has 0 spiro atoms. The van der Waals surface area contributed by atoms with E-state index in [9.17, 15) is 4.79 Å². The van der Waals surface area contributed by atoms with E-state index in [4.69, 9.17) is 22.8 Å². The maximum absolute atomic E-state index is 11.3. The summed E-state index contributed by atoms with van der Waals surface area (Å²) >= 11 is 6.95. The van der Waals surface area contributed by atoms with Crippen LogP contribution in [0, 0.1) is 12.3 Å². The van der Waals surface area contributed by atoms with Crippen molar-refractivity contribution < 1.29 is 9.53 Å². The molecule has 1 aromatic rings. The van der Waals surface area contributed by atoms with Gasteiger partial charge >= 0.3 is 5.97 Å². The number of carbonyl (C=O) groups is 1. The standard InChI is InChI=1S/C9H7ClO2S/c1-3-6(2)12-9(11)8-7(10)4-5-13-8/h1,4-6H,2H3. The second kappa shape index (κ2) is 4.31. The molecule has 1 rings (SSSR count). The Morgan fingerprint density at radius 2 is 2.54 bits per heavy atom. The molecule has 0 saturated heterocycles. The fraction of sp³-hybridized carbons (Fsp3) is 0.222. The fourth-order valence-electron chi connectivity index (χ4n) is 0.687. The van der Waals surface area contributed by atoms with Crippen molar-refractivity contribution in [2.75, 3.05) is 0 Å². The zero-order chi connectivity index (χ0) is 9.84. The highest BCUT2D eigenvalue weighted by molar-refractivity contribution is 7.12. The van der Waals surface area contributed by atoms with Crippen molar-refractivity contribution in [1.82, 2.24) is 0 Å². The van der Waals surface area contributed by atoms with Crippen LogP contribution in [-0.4, -0.2) is 12.1 Å². The highest BCUT2D eigenvalue weighted by Gasteiger charge is 2.14. The topological polar surface area (TPSA) is 26.3 Å². The Balaban J connectivity index is 2.71. The Morgan fingerprint density at radius 3 is 3.00 bits per heavy atom. The fourth-order valence-corrected chi connectivity index (χ4v) is 1.70.